The van der Waals surface area contributed by atoms with Crippen LogP contribution in [0.4, 0.5) is 0 Å². The zero-order chi connectivity index (χ0) is 15.2. The van der Waals surface area contributed by atoms with Gasteiger partial charge >= 0.3 is 0 Å². The van der Waals surface area contributed by atoms with Gasteiger partial charge in [-0.2, -0.15) is 5.10 Å². The number of nitrogens with zero attached hydrogens (tertiary/aromatic N) is 1. The standard InChI is InChI=1S/C16H22N2O3/c1-4-20-13-8-9-15(21-5-2)14(10-13)11(3)17-18-16(19)12-6-7-12/h8-10,12H,4-7H2,1-3H3,(H,18,19)/b17-11-. The van der Waals surface area contributed by atoms with Crippen molar-refractivity contribution in [1.82, 2.24) is 5.43 Å². The molecule has 1 fully saturated rings. The fourth-order valence-corrected chi connectivity index (χ4v) is 1.97. The molecule has 21 heavy (non-hydrogen) atoms. The second-order valence-electron chi connectivity index (χ2n) is 4.97. The lowest BCUT2D eigenvalue weighted by Crippen LogP contribution is -2.20. The molecular weight excluding hydrogens is 268 g/mol. The summed E-state index contributed by atoms with van der Waals surface area (Å²) < 4.78 is 11.1. The Hall–Kier alpha value is -2.04. The maximum Gasteiger partial charge on any atom is 0.243 e. The van der Waals surface area contributed by atoms with E-state index in [0.29, 0.717) is 18.9 Å². The van der Waals surface area contributed by atoms with Crippen LogP contribution in [0.2, 0.25) is 0 Å². The quantitative estimate of drug-likeness (QED) is 0.620. The van der Waals surface area contributed by atoms with Crippen LogP contribution in [-0.4, -0.2) is 24.8 Å². The first kappa shape index (κ1) is 15.4. The Morgan fingerprint density at radius 3 is 2.62 bits per heavy atom. The summed E-state index contributed by atoms with van der Waals surface area (Å²) in [7, 11) is 0. The van der Waals surface area contributed by atoms with Crippen LogP contribution in [-0.2, 0) is 4.79 Å². The molecule has 1 aromatic carbocycles. The molecule has 0 saturated heterocycles. The second kappa shape index (κ2) is 7.11. The summed E-state index contributed by atoms with van der Waals surface area (Å²) in [4.78, 5) is 11.6. The molecular formula is C16H22N2O3. The van der Waals surface area contributed by atoms with Crippen molar-refractivity contribution in [3.05, 3.63) is 23.8 Å². The van der Waals surface area contributed by atoms with Gasteiger partial charge in [0.05, 0.1) is 18.9 Å². The van der Waals surface area contributed by atoms with Crippen molar-refractivity contribution in [3.63, 3.8) is 0 Å². The molecule has 0 aliphatic heterocycles. The zero-order valence-corrected chi connectivity index (χ0v) is 12.8. The molecule has 5 heteroatoms. The van der Waals surface area contributed by atoms with Crippen LogP contribution in [0, 0.1) is 5.92 Å². The number of nitrogens with one attached hydrogen (secondary N) is 1. The largest absolute Gasteiger partial charge is 0.494 e. The van der Waals surface area contributed by atoms with E-state index in [1.807, 2.05) is 39.0 Å². The van der Waals surface area contributed by atoms with E-state index >= 15 is 0 Å². The molecule has 2 rings (SSSR count). The van der Waals surface area contributed by atoms with Gasteiger partial charge in [0.1, 0.15) is 11.5 Å². The number of rotatable bonds is 7. The summed E-state index contributed by atoms with van der Waals surface area (Å²) in [6.45, 7) is 6.89. The average molecular weight is 290 g/mol. The molecule has 0 spiro atoms. The van der Waals surface area contributed by atoms with Gasteiger partial charge in [0, 0.05) is 11.5 Å². The van der Waals surface area contributed by atoms with Crippen LogP contribution in [0.5, 0.6) is 11.5 Å². The van der Waals surface area contributed by atoms with E-state index in [1.165, 1.54) is 0 Å². The molecule has 114 valence electrons. The van der Waals surface area contributed by atoms with Gasteiger partial charge in [0.2, 0.25) is 5.91 Å². The Kier molecular flexibility index (Phi) is 5.20. The fourth-order valence-electron chi connectivity index (χ4n) is 1.97. The van der Waals surface area contributed by atoms with Crippen LogP contribution in [0.15, 0.2) is 23.3 Å². The molecule has 1 aliphatic carbocycles. The van der Waals surface area contributed by atoms with E-state index in [2.05, 4.69) is 10.5 Å². The van der Waals surface area contributed by atoms with Crippen molar-refractivity contribution < 1.29 is 14.3 Å². The Labute approximate surface area is 125 Å². The smallest absolute Gasteiger partial charge is 0.243 e. The van der Waals surface area contributed by atoms with E-state index in [1.54, 1.807) is 0 Å². The number of amides is 1. The normalized spacial score (nSPS) is 14.7. The van der Waals surface area contributed by atoms with Crippen molar-refractivity contribution in [2.75, 3.05) is 13.2 Å². The fraction of sp³-hybridized carbons (Fsp3) is 0.500. The molecule has 1 saturated carbocycles. The SMILES string of the molecule is CCOc1ccc(OCC)c(/C(C)=N\NC(=O)C2CC2)c1. The monoisotopic (exact) mass is 290 g/mol. The average Bonchev–Trinajstić information content (AvgIpc) is 3.31. The first-order valence-electron chi connectivity index (χ1n) is 7.39. The predicted octanol–water partition coefficient (Wildman–Crippen LogP) is 2.73. The third kappa shape index (κ3) is 4.21. The van der Waals surface area contributed by atoms with Crippen molar-refractivity contribution >= 4 is 11.6 Å². The Morgan fingerprint density at radius 1 is 1.29 bits per heavy atom. The summed E-state index contributed by atoms with van der Waals surface area (Å²) in [6.07, 6.45) is 1.93. The number of carbonyl (C=O) groups is 1. The molecule has 0 aromatic heterocycles. The minimum Gasteiger partial charge on any atom is -0.494 e. The molecule has 0 heterocycles. The zero-order valence-electron chi connectivity index (χ0n) is 12.8. The van der Waals surface area contributed by atoms with Gasteiger partial charge < -0.3 is 9.47 Å². The third-order valence-electron chi connectivity index (χ3n) is 3.23. The van der Waals surface area contributed by atoms with Gasteiger partial charge in [0.25, 0.3) is 0 Å². The molecule has 1 aliphatic rings. The first-order chi connectivity index (χ1) is 10.2. The number of carbonyl (C=O) groups excluding carboxylic acids is 1. The van der Waals surface area contributed by atoms with Crippen LogP contribution in [0.3, 0.4) is 0 Å². The Bertz CT molecular complexity index is 536. The molecule has 0 atom stereocenters. The summed E-state index contributed by atoms with van der Waals surface area (Å²) in [6, 6.07) is 5.62. The number of hydrazone groups is 1. The van der Waals surface area contributed by atoms with E-state index < -0.39 is 0 Å². The summed E-state index contributed by atoms with van der Waals surface area (Å²) in [5.41, 5.74) is 4.15. The lowest BCUT2D eigenvalue weighted by Gasteiger charge is -2.12. The molecule has 0 bridgehead atoms. The van der Waals surface area contributed by atoms with Gasteiger partial charge in [-0.15, -0.1) is 0 Å². The van der Waals surface area contributed by atoms with Gasteiger partial charge in [0.15, 0.2) is 0 Å². The van der Waals surface area contributed by atoms with Crippen molar-refractivity contribution in [1.29, 1.82) is 0 Å². The summed E-state index contributed by atoms with van der Waals surface area (Å²) >= 11 is 0. The van der Waals surface area contributed by atoms with Crippen LogP contribution in [0.25, 0.3) is 0 Å². The van der Waals surface area contributed by atoms with Crippen molar-refractivity contribution in [2.24, 2.45) is 11.0 Å². The summed E-state index contributed by atoms with van der Waals surface area (Å²) in [5, 5.41) is 4.18. The van der Waals surface area contributed by atoms with Crippen LogP contribution < -0.4 is 14.9 Å². The Balaban J connectivity index is 2.18. The highest BCUT2D eigenvalue weighted by atomic mass is 16.5. The number of benzene rings is 1. The second-order valence-corrected chi connectivity index (χ2v) is 4.97. The van der Waals surface area contributed by atoms with E-state index in [9.17, 15) is 4.79 Å². The molecule has 5 nitrogen and oxygen atoms in total. The highest BCUT2D eigenvalue weighted by molar-refractivity contribution is 6.02. The minimum atomic E-state index is -0.00623. The highest BCUT2D eigenvalue weighted by Gasteiger charge is 2.29. The number of hydrogen-bond acceptors (Lipinski definition) is 4. The summed E-state index contributed by atoms with van der Waals surface area (Å²) in [5.74, 6) is 1.64. The molecule has 1 N–H and O–H groups in total. The number of hydrogen-bond donors (Lipinski definition) is 1. The molecule has 0 unspecified atom stereocenters. The highest BCUT2D eigenvalue weighted by Crippen LogP contribution is 2.29. The van der Waals surface area contributed by atoms with Gasteiger partial charge in [-0.3, -0.25) is 4.79 Å². The van der Waals surface area contributed by atoms with E-state index in [-0.39, 0.29) is 11.8 Å². The topological polar surface area (TPSA) is 59.9 Å². The van der Waals surface area contributed by atoms with Crippen molar-refractivity contribution in [3.8, 4) is 11.5 Å². The van der Waals surface area contributed by atoms with E-state index in [0.717, 1.165) is 29.9 Å². The van der Waals surface area contributed by atoms with Crippen LogP contribution >= 0.6 is 0 Å². The van der Waals surface area contributed by atoms with Gasteiger partial charge in [-0.1, -0.05) is 0 Å². The first-order valence-corrected chi connectivity index (χ1v) is 7.39. The number of ether oxygens (including phenoxy) is 2. The molecule has 0 radical (unpaired) electrons. The van der Waals surface area contributed by atoms with Gasteiger partial charge in [-0.25, -0.2) is 5.43 Å². The lowest BCUT2D eigenvalue weighted by atomic mass is 10.1. The lowest BCUT2D eigenvalue weighted by molar-refractivity contribution is -0.122. The van der Waals surface area contributed by atoms with E-state index in [4.69, 9.17) is 9.47 Å². The maximum absolute atomic E-state index is 11.6. The maximum atomic E-state index is 11.6. The van der Waals surface area contributed by atoms with Crippen molar-refractivity contribution in [2.45, 2.75) is 33.6 Å². The predicted molar refractivity (Wildman–Crippen MR) is 81.9 cm³/mol. The third-order valence-corrected chi connectivity index (χ3v) is 3.23. The van der Waals surface area contributed by atoms with Crippen LogP contribution in [0.1, 0.15) is 39.2 Å². The molecule has 1 aromatic rings. The molecule has 1 amide bonds. The minimum absolute atomic E-state index is 0.00623. The van der Waals surface area contributed by atoms with Gasteiger partial charge in [-0.05, 0) is 51.8 Å². The Morgan fingerprint density at radius 2 is 2.00 bits per heavy atom.